The number of aryl methyl sites for hydroxylation is 1. The summed E-state index contributed by atoms with van der Waals surface area (Å²) in [5.41, 5.74) is 2.16. The van der Waals surface area contributed by atoms with Crippen molar-refractivity contribution in [1.29, 1.82) is 0 Å². The van der Waals surface area contributed by atoms with Crippen LogP contribution in [0.15, 0.2) is 35.7 Å². The van der Waals surface area contributed by atoms with Gasteiger partial charge in [-0.05, 0) is 48.6 Å². The fourth-order valence-electron chi connectivity index (χ4n) is 2.01. The minimum atomic E-state index is 0.107. The number of rotatable bonds is 5. The van der Waals surface area contributed by atoms with Crippen LogP contribution in [0, 0.1) is 6.92 Å². The number of carbonyl (C=O) groups excluding carboxylic acids is 1. The standard InChI is InChI=1S/C16H19NO2S/c1-4-17(16(18)15-12(2)9-10-20-15)11-13-5-7-14(19-3)8-6-13/h5-10H,4,11H2,1-3H3. The first kappa shape index (κ1) is 14.6. The number of ether oxygens (including phenoxy) is 1. The lowest BCUT2D eigenvalue weighted by molar-refractivity contribution is 0.0757. The number of methoxy groups -OCH3 is 1. The van der Waals surface area contributed by atoms with E-state index in [1.54, 1.807) is 7.11 Å². The fraction of sp³-hybridized carbons (Fsp3) is 0.312. The van der Waals surface area contributed by atoms with E-state index in [9.17, 15) is 4.79 Å². The van der Waals surface area contributed by atoms with Crippen LogP contribution >= 0.6 is 11.3 Å². The SMILES string of the molecule is CCN(Cc1ccc(OC)cc1)C(=O)c1sccc1C. The molecule has 1 heterocycles. The van der Waals surface area contributed by atoms with E-state index in [1.807, 2.05) is 54.5 Å². The van der Waals surface area contributed by atoms with Crippen LogP contribution in [0.2, 0.25) is 0 Å². The van der Waals surface area contributed by atoms with Gasteiger partial charge in [0.15, 0.2) is 0 Å². The molecule has 20 heavy (non-hydrogen) atoms. The normalized spacial score (nSPS) is 10.3. The van der Waals surface area contributed by atoms with Crippen LogP contribution in [0.3, 0.4) is 0 Å². The molecule has 0 aliphatic heterocycles. The summed E-state index contributed by atoms with van der Waals surface area (Å²) in [7, 11) is 1.65. The van der Waals surface area contributed by atoms with Gasteiger partial charge in [0.1, 0.15) is 5.75 Å². The predicted molar refractivity (Wildman–Crippen MR) is 82.5 cm³/mol. The van der Waals surface area contributed by atoms with E-state index in [4.69, 9.17) is 4.74 Å². The van der Waals surface area contributed by atoms with Crippen molar-refractivity contribution in [2.75, 3.05) is 13.7 Å². The molecular formula is C16H19NO2S. The van der Waals surface area contributed by atoms with Gasteiger partial charge in [-0.1, -0.05) is 12.1 Å². The summed E-state index contributed by atoms with van der Waals surface area (Å²) in [6.07, 6.45) is 0. The number of thiophene rings is 1. The second-order valence-electron chi connectivity index (χ2n) is 4.60. The summed E-state index contributed by atoms with van der Waals surface area (Å²) in [4.78, 5) is 15.2. The van der Waals surface area contributed by atoms with Crippen molar-refractivity contribution in [2.45, 2.75) is 20.4 Å². The van der Waals surface area contributed by atoms with Gasteiger partial charge in [-0.25, -0.2) is 0 Å². The van der Waals surface area contributed by atoms with E-state index in [-0.39, 0.29) is 5.91 Å². The molecule has 2 aromatic rings. The number of benzene rings is 1. The Bertz CT molecular complexity index is 574. The minimum absolute atomic E-state index is 0.107. The van der Waals surface area contributed by atoms with Crippen molar-refractivity contribution in [1.82, 2.24) is 4.90 Å². The van der Waals surface area contributed by atoms with Gasteiger partial charge in [0.05, 0.1) is 12.0 Å². The molecule has 0 unspecified atom stereocenters. The number of amides is 1. The zero-order valence-corrected chi connectivity index (χ0v) is 12.9. The first-order valence-electron chi connectivity index (χ1n) is 6.62. The van der Waals surface area contributed by atoms with E-state index in [0.717, 1.165) is 21.8 Å². The first-order valence-corrected chi connectivity index (χ1v) is 7.50. The molecule has 4 heteroatoms. The highest BCUT2D eigenvalue weighted by Gasteiger charge is 2.17. The van der Waals surface area contributed by atoms with Crippen molar-refractivity contribution in [2.24, 2.45) is 0 Å². The lowest BCUT2D eigenvalue weighted by Crippen LogP contribution is -2.30. The van der Waals surface area contributed by atoms with Gasteiger partial charge in [0.2, 0.25) is 0 Å². The summed E-state index contributed by atoms with van der Waals surface area (Å²) in [5.74, 6) is 0.938. The second kappa shape index (κ2) is 6.57. The third kappa shape index (κ3) is 3.20. The average molecular weight is 289 g/mol. The van der Waals surface area contributed by atoms with Gasteiger partial charge in [0, 0.05) is 13.1 Å². The smallest absolute Gasteiger partial charge is 0.264 e. The first-order chi connectivity index (χ1) is 9.65. The van der Waals surface area contributed by atoms with Crippen molar-refractivity contribution < 1.29 is 9.53 Å². The molecule has 0 N–H and O–H groups in total. The van der Waals surface area contributed by atoms with Gasteiger partial charge >= 0.3 is 0 Å². The van der Waals surface area contributed by atoms with Crippen molar-refractivity contribution in [3.63, 3.8) is 0 Å². The Balaban J connectivity index is 2.12. The largest absolute Gasteiger partial charge is 0.497 e. The second-order valence-corrected chi connectivity index (χ2v) is 5.52. The van der Waals surface area contributed by atoms with Crippen LogP contribution in [0.4, 0.5) is 0 Å². The summed E-state index contributed by atoms with van der Waals surface area (Å²) in [6.45, 7) is 5.30. The van der Waals surface area contributed by atoms with Crippen LogP contribution < -0.4 is 4.74 Å². The van der Waals surface area contributed by atoms with E-state index in [0.29, 0.717) is 13.1 Å². The Kier molecular flexibility index (Phi) is 4.79. The highest BCUT2D eigenvalue weighted by molar-refractivity contribution is 7.12. The van der Waals surface area contributed by atoms with Gasteiger partial charge in [0.25, 0.3) is 5.91 Å². The van der Waals surface area contributed by atoms with Crippen molar-refractivity contribution >= 4 is 17.2 Å². The zero-order chi connectivity index (χ0) is 14.5. The minimum Gasteiger partial charge on any atom is -0.497 e. The van der Waals surface area contributed by atoms with E-state index >= 15 is 0 Å². The van der Waals surface area contributed by atoms with Crippen LogP contribution in [-0.4, -0.2) is 24.5 Å². The van der Waals surface area contributed by atoms with E-state index < -0.39 is 0 Å². The van der Waals surface area contributed by atoms with Gasteiger partial charge < -0.3 is 9.64 Å². The summed E-state index contributed by atoms with van der Waals surface area (Å²) >= 11 is 1.51. The Labute approximate surface area is 123 Å². The molecule has 0 saturated heterocycles. The van der Waals surface area contributed by atoms with Crippen molar-refractivity contribution in [3.8, 4) is 5.75 Å². The molecule has 0 bridgehead atoms. The molecule has 0 radical (unpaired) electrons. The summed E-state index contributed by atoms with van der Waals surface area (Å²) in [6, 6.07) is 9.82. The third-order valence-corrected chi connectivity index (χ3v) is 4.26. The lowest BCUT2D eigenvalue weighted by Gasteiger charge is -2.21. The van der Waals surface area contributed by atoms with Crippen LogP contribution in [0.1, 0.15) is 27.7 Å². The van der Waals surface area contributed by atoms with E-state index in [2.05, 4.69) is 0 Å². The maximum absolute atomic E-state index is 12.5. The molecular weight excluding hydrogens is 270 g/mol. The highest BCUT2D eigenvalue weighted by atomic mass is 32.1. The number of hydrogen-bond donors (Lipinski definition) is 0. The molecule has 106 valence electrons. The molecule has 0 aliphatic rings. The van der Waals surface area contributed by atoms with Crippen molar-refractivity contribution in [3.05, 3.63) is 51.7 Å². The lowest BCUT2D eigenvalue weighted by atomic mass is 10.2. The van der Waals surface area contributed by atoms with Gasteiger partial charge in [-0.2, -0.15) is 0 Å². The average Bonchev–Trinajstić information content (AvgIpc) is 2.91. The van der Waals surface area contributed by atoms with Crippen LogP contribution in [0.25, 0.3) is 0 Å². The van der Waals surface area contributed by atoms with Crippen LogP contribution in [0.5, 0.6) is 5.75 Å². The quantitative estimate of drug-likeness (QED) is 0.839. The molecule has 0 fully saturated rings. The highest BCUT2D eigenvalue weighted by Crippen LogP contribution is 2.20. The fourth-order valence-corrected chi connectivity index (χ4v) is 2.91. The Morgan fingerprint density at radius 3 is 2.45 bits per heavy atom. The maximum Gasteiger partial charge on any atom is 0.264 e. The molecule has 0 saturated carbocycles. The number of nitrogens with zero attached hydrogens (tertiary/aromatic N) is 1. The Morgan fingerprint density at radius 2 is 1.95 bits per heavy atom. The molecule has 3 nitrogen and oxygen atoms in total. The molecule has 1 aromatic heterocycles. The third-order valence-electron chi connectivity index (χ3n) is 3.26. The Morgan fingerprint density at radius 1 is 1.25 bits per heavy atom. The summed E-state index contributed by atoms with van der Waals surface area (Å²) in [5, 5.41) is 1.96. The predicted octanol–water partition coefficient (Wildman–Crippen LogP) is 3.73. The molecule has 1 amide bonds. The molecule has 0 atom stereocenters. The topological polar surface area (TPSA) is 29.5 Å². The summed E-state index contributed by atoms with van der Waals surface area (Å²) < 4.78 is 5.14. The molecule has 0 spiro atoms. The zero-order valence-electron chi connectivity index (χ0n) is 12.1. The Hall–Kier alpha value is -1.81. The van der Waals surface area contributed by atoms with Gasteiger partial charge in [-0.15, -0.1) is 11.3 Å². The monoisotopic (exact) mass is 289 g/mol. The molecule has 2 rings (SSSR count). The molecule has 0 aliphatic carbocycles. The van der Waals surface area contributed by atoms with Gasteiger partial charge in [-0.3, -0.25) is 4.79 Å². The number of hydrogen-bond acceptors (Lipinski definition) is 3. The van der Waals surface area contributed by atoms with E-state index in [1.165, 1.54) is 11.3 Å². The maximum atomic E-state index is 12.5. The van der Waals surface area contributed by atoms with Crippen LogP contribution in [-0.2, 0) is 6.54 Å². The molecule has 1 aromatic carbocycles. The number of carbonyl (C=O) groups is 1.